The summed E-state index contributed by atoms with van der Waals surface area (Å²) >= 11 is 0. The van der Waals surface area contributed by atoms with Gasteiger partial charge in [0.2, 0.25) is 0 Å². The van der Waals surface area contributed by atoms with Gasteiger partial charge in [-0.2, -0.15) is 0 Å². The molecule has 0 bridgehead atoms. The highest BCUT2D eigenvalue weighted by atomic mass is 16.3. The van der Waals surface area contributed by atoms with Crippen molar-refractivity contribution in [3.8, 4) is 0 Å². The summed E-state index contributed by atoms with van der Waals surface area (Å²) in [4.78, 5) is 17.2. The van der Waals surface area contributed by atoms with E-state index in [1.54, 1.807) is 6.20 Å². The molecule has 7 heteroatoms. The number of aliphatic hydroxyl groups excluding tert-OH is 1. The molecule has 6 N–H and O–H groups in total. The van der Waals surface area contributed by atoms with E-state index in [4.69, 9.17) is 11.1 Å². The Morgan fingerprint density at radius 3 is 2.74 bits per heavy atom. The second-order valence-electron chi connectivity index (χ2n) is 7.14. The van der Waals surface area contributed by atoms with Crippen molar-refractivity contribution in [2.24, 2.45) is 5.73 Å². The molecule has 1 aromatic carbocycles. The average Bonchev–Trinajstić information content (AvgIpc) is 2.61. The summed E-state index contributed by atoms with van der Waals surface area (Å²) in [7, 11) is 0. The lowest BCUT2D eigenvalue weighted by Gasteiger charge is -2.32. The topological polar surface area (TPSA) is 124 Å². The molecule has 0 aliphatic heterocycles. The van der Waals surface area contributed by atoms with Crippen LogP contribution in [0.1, 0.15) is 42.6 Å². The van der Waals surface area contributed by atoms with Crippen LogP contribution in [0, 0.1) is 5.41 Å². The van der Waals surface area contributed by atoms with E-state index in [1.165, 1.54) is 12.4 Å². The van der Waals surface area contributed by atoms with Gasteiger partial charge in [-0.25, -0.2) is 0 Å². The molecule has 0 spiro atoms. The molecule has 1 saturated carbocycles. The number of aromatic nitrogens is 1. The van der Waals surface area contributed by atoms with Crippen molar-refractivity contribution in [2.75, 3.05) is 5.32 Å². The number of fused-ring (bicyclic) bond motifs is 1. The summed E-state index contributed by atoms with van der Waals surface area (Å²) in [6.45, 7) is 4.01. The Morgan fingerprint density at radius 1 is 1.41 bits per heavy atom. The molecule has 27 heavy (non-hydrogen) atoms. The Kier molecular flexibility index (Phi) is 5.41. The van der Waals surface area contributed by atoms with Crippen LogP contribution in [-0.4, -0.2) is 40.4 Å². The summed E-state index contributed by atoms with van der Waals surface area (Å²) in [5.74, 6) is -0.212. The van der Waals surface area contributed by atoms with Crippen LogP contribution in [0.25, 0.3) is 16.5 Å². The third-order valence-corrected chi connectivity index (χ3v) is 4.66. The molecular weight excluding hydrogens is 342 g/mol. The molecule has 142 valence electrons. The molecule has 1 fully saturated rings. The standard InChI is InChI=1S/C20H25N5O2/c1-11(2)24-19-16-5-12(13(8-21)9-22)3-4-18(16)23-10-17(19)20(27)25-14-6-15(26)7-14/h3-5,8-11,14-15,21,26H,6-7,22H2,1-2H3,(H,23,24)(H,25,27)/b13-9+,21-8?. The fourth-order valence-electron chi connectivity index (χ4n) is 3.18. The predicted molar refractivity (Wildman–Crippen MR) is 108 cm³/mol. The van der Waals surface area contributed by atoms with Gasteiger partial charge in [0, 0.05) is 41.7 Å². The molecule has 1 aliphatic rings. The number of nitrogens with one attached hydrogen (secondary N) is 3. The molecule has 1 amide bonds. The van der Waals surface area contributed by atoms with E-state index in [1.807, 2.05) is 32.0 Å². The van der Waals surface area contributed by atoms with E-state index in [2.05, 4.69) is 15.6 Å². The first-order valence-corrected chi connectivity index (χ1v) is 9.04. The smallest absolute Gasteiger partial charge is 0.255 e. The van der Waals surface area contributed by atoms with Crippen molar-refractivity contribution < 1.29 is 9.90 Å². The van der Waals surface area contributed by atoms with Crippen LogP contribution in [-0.2, 0) is 0 Å². The van der Waals surface area contributed by atoms with Crippen LogP contribution in [0.5, 0.6) is 0 Å². The van der Waals surface area contributed by atoms with E-state index < -0.39 is 0 Å². The monoisotopic (exact) mass is 367 g/mol. The highest BCUT2D eigenvalue weighted by Crippen LogP contribution is 2.30. The van der Waals surface area contributed by atoms with Crippen molar-refractivity contribution in [1.82, 2.24) is 10.3 Å². The molecule has 2 aromatic rings. The SMILES string of the molecule is CC(C)Nc1c(C(=O)NC2CC(O)C2)cnc2ccc(/C(C=N)=C/N)cc12. The van der Waals surface area contributed by atoms with Gasteiger partial charge in [-0.1, -0.05) is 6.07 Å². The number of nitrogens with zero attached hydrogens (tertiary/aromatic N) is 1. The normalized spacial score (nSPS) is 19.6. The van der Waals surface area contributed by atoms with Crippen LogP contribution >= 0.6 is 0 Å². The Balaban J connectivity index is 2.06. The minimum atomic E-state index is -0.330. The van der Waals surface area contributed by atoms with Crippen LogP contribution in [0.3, 0.4) is 0 Å². The zero-order valence-corrected chi connectivity index (χ0v) is 15.5. The number of rotatable bonds is 6. The molecule has 1 aliphatic carbocycles. The minimum Gasteiger partial charge on any atom is -0.404 e. The Bertz CT molecular complexity index is 901. The maximum Gasteiger partial charge on any atom is 0.255 e. The summed E-state index contributed by atoms with van der Waals surface area (Å²) in [6, 6.07) is 5.70. The number of hydrogen-bond acceptors (Lipinski definition) is 6. The van der Waals surface area contributed by atoms with E-state index in [9.17, 15) is 9.90 Å². The largest absolute Gasteiger partial charge is 0.404 e. The first kappa shape index (κ1) is 18.8. The zero-order chi connectivity index (χ0) is 19.6. The van der Waals surface area contributed by atoms with Crippen molar-refractivity contribution in [3.05, 3.63) is 41.7 Å². The number of benzene rings is 1. The van der Waals surface area contributed by atoms with Crippen molar-refractivity contribution in [2.45, 2.75) is 44.9 Å². The lowest BCUT2D eigenvalue weighted by atomic mass is 9.89. The van der Waals surface area contributed by atoms with Gasteiger partial charge in [0.25, 0.3) is 5.91 Å². The van der Waals surface area contributed by atoms with Crippen molar-refractivity contribution in [1.29, 1.82) is 5.41 Å². The zero-order valence-electron chi connectivity index (χ0n) is 15.5. The Morgan fingerprint density at radius 2 is 2.15 bits per heavy atom. The predicted octanol–water partition coefficient (Wildman–Crippen LogP) is 2.26. The van der Waals surface area contributed by atoms with E-state index in [0.717, 1.165) is 16.5 Å². The second kappa shape index (κ2) is 7.75. The molecule has 0 unspecified atom stereocenters. The third-order valence-electron chi connectivity index (χ3n) is 4.66. The number of carbonyl (C=O) groups is 1. The molecule has 0 saturated heterocycles. The van der Waals surface area contributed by atoms with Crippen LogP contribution in [0.2, 0.25) is 0 Å². The van der Waals surface area contributed by atoms with Crippen LogP contribution in [0.4, 0.5) is 5.69 Å². The number of amides is 1. The lowest BCUT2D eigenvalue weighted by molar-refractivity contribution is 0.0563. The maximum absolute atomic E-state index is 12.8. The lowest BCUT2D eigenvalue weighted by Crippen LogP contribution is -2.46. The Hall–Kier alpha value is -2.93. The highest BCUT2D eigenvalue weighted by Gasteiger charge is 2.29. The molecule has 0 atom stereocenters. The summed E-state index contributed by atoms with van der Waals surface area (Å²) in [5.41, 5.74) is 8.90. The number of allylic oxidation sites excluding steroid dienone is 1. The maximum atomic E-state index is 12.8. The van der Waals surface area contributed by atoms with E-state index in [-0.39, 0.29) is 24.1 Å². The number of anilines is 1. The molecule has 1 heterocycles. The van der Waals surface area contributed by atoms with Gasteiger partial charge < -0.3 is 26.9 Å². The van der Waals surface area contributed by atoms with Gasteiger partial charge in [0.15, 0.2) is 0 Å². The quantitative estimate of drug-likeness (QED) is 0.501. The molecule has 0 radical (unpaired) electrons. The first-order chi connectivity index (χ1) is 12.9. The van der Waals surface area contributed by atoms with E-state index >= 15 is 0 Å². The second-order valence-corrected chi connectivity index (χ2v) is 7.14. The van der Waals surface area contributed by atoms with E-state index in [0.29, 0.717) is 29.7 Å². The van der Waals surface area contributed by atoms with Gasteiger partial charge in [-0.15, -0.1) is 0 Å². The summed E-state index contributed by atoms with van der Waals surface area (Å²) < 4.78 is 0. The molecular formula is C20H25N5O2. The number of carbonyl (C=O) groups excluding carboxylic acids is 1. The summed E-state index contributed by atoms with van der Waals surface area (Å²) in [5, 5.41) is 24.1. The average molecular weight is 367 g/mol. The molecule has 1 aromatic heterocycles. The minimum absolute atomic E-state index is 0.00822. The van der Waals surface area contributed by atoms with Gasteiger partial charge in [0.1, 0.15) is 0 Å². The highest BCUT2D eigenvalue weighted by molar-refractivity contribution is 6.11. The number of aliphatic hydroxyl groups is 1. The van der Waals surface area contributed by atoms with Crippen LogP contribution in [0.15, 0.2) is 30.6 Å². The van der Waals surface area contributed by atoms with Gasteiger partial charge in [0.05, 0.1) is 22.9 Å². The van der Waals surface area contributed by atoms with Crippen LogP contribution < -0.4 is 16.4 Å². The van der Waals surface area contributed by atoms with Gasteiger partial charge in [-0.3, -0.25) is 9.78 Å². The van der Waals surface area contributed by atoms with Crippen molar-refractivity contribution >= 4 is 34.3 Å². The third kappa shape index (κ3) is 3.93. The first-order valence-electron chi connectivity index (χ1n) is 9.04. The fraction of sp³-hybridized carbons (Fsp3) is 0.350. The Labute approximate surface area is 158 Å². The fourth-order valence-corrected chi connectivity index (χ4v) is 3.18. The summed E-state index contributed by atoms with van der Waals surface area (Å²) in [6.07, 6.45) is 4.98. The van der Waals surface area contributed by atoms with Crippen molar-refractivity contribution in [3.63, 3.8) is 0 Å². The number of nitrogens with two attached hydrogens (primary N) is 1. The molecule has 3 rings (SSSR count). The van der Waals surface area contributed by atoms with Gasteiger partial charge in [-0.05, 0) is 44.4 Å². The van der Waals surface area contributed by atoms with Gasteiger partial charge >= 0.3 is 0 Å². The number of pyridine rings is 1. The number of hydrogen-bond donors (Lipinski definition) is 5. The molecule has 7 nitrogen and oxygen atoms in total.